The lowest BCUT2D eigenvalue weighted by atomic mass is 10.00. The van der Waals surface area contributed by atoms with Crippen LogP contribution in [0.1, 0.15) is 54.1 Å². The van der Waals surface area contributed by atoms with Gasteiger partial charge in [-0.1, -0.05) is 6.07 Å². The number of nitrogens with zero attached hydrogens (tertiary/aromatic N) is 1. The van der Waals surface area contributed by atoms with Crippen molar-refractivity contribution in [1.29, 1.82) is 0 Å². The molecule has 0 spiro atoms. The van der Waals surface area contributed by atoms with Crippen LogP contribution in [-0.4, -0.2) is 67.7 Å². The number of carbonyl (C=O) groups is 2. The fourth-order valence-electron chi connectivity index (χ4n) is 4.55. The van der Waals surface area contributed by atoms with Crippen LogP contribution < -0.4 is 19.5 Å². The van der Waals surface area contributed by atoms with E-state index in [-0.39, 0.29) is 24.5 Å². The van der Waals surface area contributed by atoms with Crippen molar-refractivity contribution >= 4 is 11.7 Å². The molecule has 2 heterocycles. The van der Waals surface area contributed by atoms with Gasteiger partial charge < -0.3 is 29.5 Å². The highest BCUT2D eigenvalue weighted by molar-refractivity contribution is 5.96. The van der Waals surface area contributed by atoms with Crippen molar-refractivity contribution in [3.05, 3.63) is 53.6 Å². The number of hydrogen-bond acceptors (Lipinski definition) is 7. The van der Waals surface area contributed by atoms with Gasteiger partial charge in [0, 0.05) is 24.9 Å². The van der Waals surface area contributed by atoms with Crippen molar-refractivity contribution in [2.75, 3.05) is 40.0 Å². The van der Waals surface area contributed by atoms with Gasteiger partial charge >= 0.3 is 0 Å². The molecule has 1 fully saturated rings. The molecule has 0 aromatic heterocycles. The second-order valence-corrected chi connectivity index (χ2v) is 9.03. The Bertz CT molecular complexity index is 1000. The van der Waals surface area contributed by atoms with Crippen LogP contribution in [0.4, 0.5) is 0 Å². The lowest BCUT2D eigenvalue weighted by Crippen LogP contribution is -2.46. The lowest BCUT2D eigenvalue weighted by Gasteiger charge is -2.29. The molecule has 2 aliphatic rings. The molecule has 8 heteroatoms. The summed E-state index contributed by atoms with van der Waals surface area (Å²) < 4.78 is 16.4. The number of nitrogens with one attached hydrogen (secondary N) is 1. The maximum Gasteiger partial charge on any atom is 0.220 e. The second-order valence-electron chi connectivity index (χ2n) is 9.03. The number of Topliss-reactive ketones (excluding diaryl/α,β-unsaturated/α-hetero) is 1. The molecular formula is C27H34N2O6. The summed E-state index contributed by atoms with van der Waals surface area (Å²) in [5.74, 6) is 1.78. The molecule has 0 aliphatic carbocycles. The third-order valence-corrected chi connectivity index (χ3v) is 6.51. The van der Waals surface area contributed by atoms with Crippen LogP contribution in [0.5, 0.6) is 17.2 Å². The van der Waals surface area contributed by atoms with E-state index in [9.17, 15) is 14.7 Å². The molecule has 1 unspecified atom stereocenters. The highest BCUT2D eigenvalue weighted by Gasteiger charge is 2.27. The maximum atomic E-state index is 12.8. The number of carbonyl (C=O) groups excluding carboxylic acids is 2. The Hall–Kier alpha value is -3.10. The van der Waals surface area contributed by atoms with E-state index in [1.807, 2.05) is 6.07 Å². The second kappa shape index (κ2) is 12.0. The van der Waals surface area contributed by atoms with E-state index in [4.69, 9.17) is 14.2 Å². The molecule has 8 nitrogen and oxygen atoms in total. The third-order valence-electron chi connectivity index (χ3n) is 6.51. The van der Waals surface area contributed by atoms with Crippen LogP contribution in [0.3, 0.4) is 0 Å². The van der Waals surface area contributed by atoms with Crippen LogP contribution >= 0.6 is 0 Å². The minimum atomic E-state index is -0.892. The number of methoxy groups -OCH3 is 1. The van der Waals surface area contributed by atoms with Gasteiger partial charge in [-0.3, -0.25) is 9.59 Å². The fourth-order valence-corrected chi connectivity index (χ4v) is 4.55. The molecule has 2 aromatic carbocycles. The van der Waals surface area contributed by atoms with Crippen LogP contribution in [0.25, 0.3) is 0 Å². The summed E-state index contributed by atoms with van der Waals surface area (Å²) in [5.41, 5.74) is 1.28. The fraction of sp³-hybridized carbons (Fsp3) is 0.481. The topological polar surface area (TPSA) is 97.3 Å². The SMILES string of the molecule is COc1ccc(C(=O)CCCC(=O)NC(CN2CCCC2)[C@H](O)c2ccc3c(c2)OCCO3)cc1. The first-order valence-electron chi connectivity index (χ1n) is 12.3. The number of hydrogen-bond donors (Lipinski definition) is 2. The summed E-state index contributed by atoms with van der Waals surface area (Å²) in [6.07, 6.45) is 2.28. The van der Waals surface area contributed by atoms with Crippen molar-refractivity contribution in [3.63, 3.8) is 0 Å². The molecule has 0 bridgehead atoms. The minimum absolute atomic E-state index is 0.00890. The van der Waals surface area contributed by atoms with Crippen molar-refractivity contribution in [1.82, 2.24) is 10.2 Å². The third kappa shape index (κ3) is 6.74. The molecule has 0 saturated carbocycles. The van der Waals surface area contributed by atoms with E-state index in [1.54, 1.807) is 43.5 Å². The standard InChI is InChI=1S/C27H34N2O6/c1-33-21-10-7-19(8-11-21)23(30)5-4-6-26(31)28-22(18-29-13-2-3-14-29)27(32)20-9-12-24-25(17-20)35-16-15-34-24/h7-12,17,22,27,32H,2-6,13-16,18H2,1H3,(H,28,31)/t22?,27-/m1/s1. The van der Waals surface area contributed by atoms with Crippen LogP contribution in [-0.2, 0) is 4.79 Å². The van der Waals surface area contributed by atoms with Gasteiger partial charge in [-0.2, -0.15) is 0 Å². The molecule has 188 valence electrons. The predicted molar refractivity (Wildman–Crippen MR) is 131 cm³/mol. The number of rotatable bonds is 11. The molecule has 1 amide bonds. The number of aliphatic hydroxyl groups is 1. The van der Waals surface area contributed by atoms with Gasteiger partial charge in [0.2, 0.25) is 5.91 Å². The Morgan fingerprint density at radius 1 is 1.03 bits per heavy atom. The molecule has 2 aromatic rings. The summed E-state index contributed by atoms with van der Waals surface area (Å²) in [6.45, 7) is 3.44. The summed E-state index contributed by atoms with van der Waals surface area (Å²) >= 11 is 0. The van der Waals surface area contributed by atoms with Gasteiger partial charge in [0.25, 0.3) is 0 Å². The smallest absolute Gasteiger partial charge is 0.220 e. The number of amides is 1. The highest BCUT2D eigenvalue weighted by atomic mass is 16.6. The van der Waals surface area contributed by atoms with Gasteiger partial charge in [-0.05, 0) is 74.3 Å². The van der Waals surface area contributed by atoms with Crippen LogP contribution in [0.15, 0.2) is 42.5 Å². The van der Waals surface area contributed by atoms with Crippen molar-refractivity contribution < 1.29 is 28.9 Å². The van der Waals surface area contributed by atoms with E-state index >= 15 is 0 Å². The van der Waals surface area contributed by atoms with Crippen molar-refractivity contribution in [3.8, 4) is 17.2 Å². The molecule has 35 heavy (non-hydrogen) atoms. The zero-order valence-electron chi connectivity index (χ0n) is 20.2. The van der Waals surface area contributed by atoms with Gasteiger partial charge in [-0.25, -0.2) is 0 Å². The maximum absolute atomic E-state index is 12.8. The van der Waals surface area contributed by atoms with Gasteiger partial charge in [0.05, 0.1) is 13.2 Å². The Labute approximate surface area is 206 Å². The summed E-state index contributed by atoms with van der Waals surface area (Å²) in [6, 6.07) is 11.9. The molecule has 2 N–H and O–H groups in total. The largest absolute Gasteiger partial charge is 0.497 e. The number of likely N-dealkylation sites (tertiary alicyclic amines) is 1. The van der Waals surface area contributed by atoms with E-state index in [1.165, 1.54) is 0 Å². The van der Waals surface area contributed by atoms with E-state index < -0.39 is 12.1 Å². The zero-order chi connectivity index (χ0) is 24.6. The minimum Gasteiger partial charge on any atom is -0.497 e. The number of benzene rings is 2. The normalized spacial score (nSPS) is 17.0. The number of fused-ring (bicyclic) bond motifs is 1. The highest BCUT2D eigenvalue weighted by Crippen LogP contribution is 2.33. The monoisotopic (exact) mass is 482 g/mol. The number of aliphatic hydroxyl groups excluding tert-OH is 1. The zero-order valence-corrected chi connectivity index (χ0v) is 20.2. The first kappa shape index (κ1) is 25.0. The molecule has 2 aliphatic heterocycles. The molecule has 0 radical (unpaired) electrons. The molecule has 1 saturated heterocycles. The van der Waals surface area contributed by atoms with Gasteiger partial charge in [0.1, 0.15) is 25.1 Å². The average molecular weight is 483 g/mol. The average Bonchev–Trinajstić information content (AvgIpc) is 3.40. The van der Waals surface area contributed by atoms with Crippen LogP contribution in [0, 0.1) is 0 Å². The summed E-state index contributed by atoms with van der Waals surface area (Å²) in [4.78, 5) is 27.5. The van der Waals surface area contributed by atoms with Crippen LogP contribution in [0.2, 0.25) is 0 Å². The van der Waals surface area contributed by atoms with E-state index in [2.05, 4.69) is 10.2 Å². The quantitative estimate of drug-likeness (QED) is 0.475. The van der Waals surface area contributed by atoms with Crippen molar-refractivity contribution in [2.45, 2.75) is 44.2 Å². The Balaban J connectivity index is 1.34. The van der Waals surface area contributed by atoms with E-state index in [0.29, 0.717) is 54.6 Å². The number of ketones is 1. The summed E-state index contributed by atoms with van der Waals surface area (Å²) in [5, 5.41) is 14.2. The first-order chi connectivity index (χ1) is 17.0. The van der Waals surface area contributed by atoms with Crippen molar-refractivity contribution in [2.24, 2.45) is 0 Å². The Morgan fingerprint density at radius 3 is 2.46 bits per heavy atom. The number of ether oxygens (including phenoxy) is 3. The summed E-state index contributed by atoms with van der Waals surface area (Å²) in [7, 11) is 1.58. The Morgan fingerprint density at radius 2 is 1.74 bits per heavy atom. The first-order valence-corrected chi connectivity index (χ1v) is 12.3. The lowest BCUT2D eigenvalue weighted by molar-refractivity contribution is -0.123. The van der Waals surface area contributed by atoms with E-state index in [0.717, 1.165) is 25.9 Å². The molecule has 4 rings (SSSR count). The predicted octanol–water partition coefficient (Wildman–Crippen LogP) is 3.13. The molecular weight excluding hydrogens is 448 g/mol. The Kier molecular flexibility index (Phi) is 8.60. The molecule has 2 atom stereocenters. The van der Waals surface area contributed by atoms with Gasteiger partial charge in [-0.15, -0.1) is 0 Å². The van der Waals surface area contributed by atoms with Gasteiger partial charge in [0.15, 0.2) is 17.3 Å².